The normalized spacial score (nSPS) is 12.0. The number of halogens is 4. The molecule has 0 radical (unpaired) electrons. The Morgan fingerprint density at radius 2 is 0.846 bits per heavy atom. The SMILES string of the molecule is CCCCCCCCCCCCCCCC[NH2+]C(C)(C)C.F[B-](F)(F)F. The Morgan fingerprint density at radius 3 is 1.12 bits per heavy atom. The molecule has 2 N–H and O–H groups in total. The molecule has 0 atom stereocenters. The fourth-order valence-electron chi connectivity index (χ4n) is 2.87. The monoisotopic (exact) mass is 385 g/mol. The second kappa shape index (κ2) is 18.1. The summed E-state index contributed by atoms with van der Waals surface area (Å²) >= 11 is 0. The van der Waals surface area contributed by atoms with E-state index >= 15 is 0 Å². The standard InChI is InChI=1S/C20H43N.BF4/c1-5-6-7-8-9-10-11-12-13-14-15-16-17-18-19-21-20(2,3)4;2-1(3,4)5/h21H,5-19H2,1-4H3;/q;-1/p+1. The summed E-state index contributed by atoms with van der Waals surface area (Å²) in [6.07, 6.45) is 20.3. The van der Waals surface area contributed by atoms with Crippen molar-refractivity contribution in [1.82, 2.24) is 0 Å². The van der Waals surface area contributed by atoms with Crippen LogP contribution in [0, 0.1) is 0 Å². The number of hydrogen-bond donors (Lipinski definition) is 1. The fourth-order valence-corrected chi connectivity index (χ4v) is 2.87. The van der Waals surface area contributed by atoms with Gasteiger partial charge in [-0.2, -0.15) is 0 Å². The van der Waals surface area contributed by atoms with Gasteiger partial charge in [-0.1, -0.05) is 84.0 Å². The molecular formula is C20H44BF4N. The Labute approximate surface area is 160 Å². The van der Waals surface area contributed by atoms with Crippen molar-refractivity contribution in [2.75, 3.05) is 6.54 Å². The number of unbranched alkanes of at least 4 members (excludes halogenated alkanes) is 13. The Morgan fingerprint density at radius 1 is 0.577 bits per heavy atom. The molecule has 0 aromatic heterocycles. The van der Waals surface area contributed by atoms with E-state index in [0.717, 1.165) is 0 Å². The summed E-state index contributed by atoms with van der Waals surface area (Å²) in [6, 6.07) is 0. The first-order valence-electron chi connectivity index (χ1n) is 10.8. The second-order valence-electron chi connectivity index (χ2n) is 8.45. The predicted molar refractivity (Wildman–Crippen MR) is 107 cm³/mol. The quantitative estimate of drug-likeness (QED) is 0.175. The fraction of sp³-hybridized carbons (Fsp3) is 1.00. The molecule has 0 unspecified atom stereocenters. The van der Waals surface area contributed by atoms with Gasteiger partial charge in [-0.05, 0) is 33.6 Å². The first-order valence-corrected chi connectivity index (χ1v) is 10.8. The van der Waals surface area contributed by atoms with Crippen LogP contribution in [0.2, 0.25) is 0 Å². The predicted octanol–water partition coefficient (Wildman–Crippen LogP) is 7.13. The molecule has 0 aliphatic rings. The molecule has 0 saturated heterocycles. The lowest BCUT2D eigenvalue weighted by atomic mass is 10.0. The van der Waals surface area contributed by atoms with Crippen molar-refractivity contribution in [1.29, 1.82) is 0 Å². The molecule has 0 amide bonds. The molecule has 6 heteroatoms. The molecule has 0 aromatic carbocycles. The minimum Gasteiger partial charge on any atom is -0.418 e. The molecule has 1 nitrogen and oxygen atoms in total. The third-order valence-corrected chi connectivity index (χ3v) is 4.31. The van der Waals surface area contributed by atoms with Crippen molar-refractivity contribution in [2.45, 2.75) is 123 Å². The van der Waals surface area contributed by atoms with Crippen LogP contribution in [-0.2, 0) is 0 Å². The Balaban J connectivity index is 0. The van der Waals surface area contributed by atoms with Crippen LogP contribution in [0.1, 0.15) is 118 Å². The van der Waals surface area contributed by atoms with Gasteiger partial charge in [0.15, 0.2) is 0 Å². The van der Waals surface area contributed by atoms with Crippen LogP contribution in [-0.4, -0.2) is 19.3 Å². The van der Waals surface area contributed by atoms with Crippen molar-refractivity contribution in [2.24, 2.45) is 0 Å². The van der Waals surface area contributed by atoms with E-state index in [1.807, 2.05) is 0 Å². The molecule has 26 heavy (non-hydrogen) atoms. The van der Waals surface area contributed by atoms with E-state index in [4.69, 9.17) is 0 Å². The molecule has 0 spiro atoms. The van der Waals surface area contributed by atoms with Crippen molar-refractivity contribution in [3.05, 3.63) is 0 Å². The van der Waals surface area contributed by atoms with Crippen LogP contribution in [0.4, 0.5) is 17.3 Å². The van der Waals surface area contributed by atoms with Gasteiger partial charge >= 0.3 is 7.25 Å². The summed E-state index contributed by atoms with van der Waals surface area (Å²) in [4.78, 5) is 0. The van der Waals surface area contributed by atoms with E-state index in [1.54, 1.807) is 0 Å². The average Bonchev–Trinajstić information content (AvgIpc) is 2.48. The largest absolute Gasteiger partial charge is 0.673 e. The highest BCUT2D eigenvalue weighted by molar-refractivity contribution is 6.50. The molecule has 0 rings (SSSR count). The van der Waals surface area contributed by atoms with Crippen molar-refractivity contribution >= 4 is 7.25 Å². The molecule has 0 bridgehead atoms. The highest BCUT2D eigenvalue weighted by Gasteiger charge is 2.20. The Bertz CT molecular complexity index is 272. The van der Waals surface area contributed by atoms with Gasteiger partial charge < -0.3 is 22.6 Å². The Kier molecular flexibility index (Phi) is 19.5. The number of rotatable bonds is 15. The van der Waals surface area contributed by atoms with Crippen LogP contribution < -0.4 is 5.32 Å². The summed E-state index contributed by atoms with van der Waals surface area (Å²) in [5.74, 6) is 0. The minimum atomic E-state index is -6.00. The zero-order valence-corrected chi connectivity index (χ0v) is 17.8. The maximum atomic E-state index is 9.75. The zero-order valence-electron chi connectivity index (χ0n) is 17.8. The van der Waals surface area contributed by atoms with Crippen LogP contribution in [0.5, 0.6) is 0 Å². The van der Waals surface area contributed by atoms with E-state index in [0.29, 0.717) is 5.54 Å². The minimum absolute atomic E-state index is 0.413. The van der Waals surface area contributed by atoms with Crippen LogP contribution in [0.25, 0.3) is 0 Å². The lowest BCUT2D eigenvalue weighted by Gasteiger charge is -2.16. The van der Waals surface area contributed by atoms with Gasteiger partial charge in [0, 0.05) is 0 Å². The summed E-state index contributed by atoms with van der Waals surface area (Å²) < 4.78 is 39.0. The van der Waals surface area contributed by atoms with Crippen LogP contribution in [0.15, 0.2) is 0 Å². The molecule has 0 aliphatic carbocycles. The summed E-state index contributed by atoms with van der Waals surface area (Å²) in [6.45, 7) is 10.5. The first kappa shape index (κ1) is 28.0. The van der Waals surface area contributed by atoms with Crippen molar-refractivity contribution in [3.8, 4) is 0 Å². The average molecular weight is 385 g/mol. The molecule has 0 aromatic rings. The van der Waals surface area contributed by atoms with Gasteiger partial charge in [-0.25, -0.2) is 0 Å². The molecule has 0 fully saturated rings. The van der Waals surface area contributed by atoms with Crippen molar-refractivity contribution < 1.29 is 22.6 Å². The van der Waals surface area contributed by atoms with Crippen LogP contribution >= 0.6 is 0 Å². The van der Waals surface area contributed by atoms with E-state index in [1.165, 1.54) is 96.4 Å². The molecule has 0 aliphatic heterocycles. The number of quaternary nitrogens is 1. The lowest BCUT2D eigenvalue weighted by molar-refractivity contribution is -0.717. The third-order valence-electron chi connectivity index (χ3n) is 4.31. The van der Waals surface area contributed by atoms with Crippen LogP contribution in [0.3, 0.4) is 0 Å². The van der Waals surface area contributed by atoms with Gasteiger partial charge in [-0.3, -0.25) is 0 Å². The molecule has 0 heterocycles. The maximum absolute atomic E-state index is 9.75. The number of nitrogens with two attached hydrogens (primary N) is 1. The van der Waals surface area contributed by atoms with Crippen molar-refractivity contribution in [3.63, 3.8) is 0 Å². The van der Waals surface area contributed by atoms with Gasteiger partial charge in [0.1, 0.15) is 0 Å². The van der Waals surface area contributed by atoms with Gasteiger partial charge in [0.05, 0.1) is 12.1 Å². The van der Waals surface area contributed by atoms with Gasteiger partial charge in [0.25, 0.3) is 0 Å². The topological polar surface area (TPSA) is 16.6 Å². The van der Waals surface area contributed by atoms with E-state index < -0.39 is 7.25 Å². The summed E-state index contributed by atoms with van der Waals surface area (Å²) in [5.41, 5.74) is 0.413. The number of hydrogen-bond acceptors (Lipinski definition) is 0. The molecule has 160 valence electrons. The first-order chi connectivity index (χ1) is 12.1. The van der Waals surface area contributed by atoms with E-state index in [9.17, 15) is 17.3 Å². The summed E-state index contributed by atoms with van der Waals surface area (Å²) in [5, 5.41) is 2.48. The molecular weight excluding hydrogens is 341 g/mol. The lowest BCUT2D eigenvalue weighted by Crippen LogP contribution is -2.94. The van der Waals surface area contributed by atoms with Gasteiger partial charge in [-0.15, -0.1) is 0 Å². The zero-order chi connectivity index (χ0) is 20.3. The van der Waals surface area contributed by atoms with E-state index in [2.05, 4.69) is 33.0 Å². The third kappa shape index (κ3) is 39.0. The van der Waals surface area contributed by atoms with Gasteiger partial charge in [0.2, 0.25) is 0 Å². The summed E-state index contributed by atoms with van der Waals surface area (Å²) in [7, 11) is -6.00. The second-order valence-corrected chi connectivity index (χ2v) is 8.45. The highest BCUT2D eigenvalue weighted by atomic mass is 19.5. The smallest absolute Gasteiger partial charge is 0.418 e. The Hall–Kier alpha value is -0.255. The van der Waals surface area contributed by atoms with E-state index in [-0.39, 0.29) is 0 Å². The highest BCUT2D eigenvalue weighted by Crippen LogP contribution is 2.12. The maximum Gasteiger partial charge on any atom is 0.673 e. The molecule has 0 saturated carbocycles.